The van der Waals surface area contributed by atoms with Crippen LogP contribution >= 0.6 is 15.9 Å². The van der Waals surface area contributed by atoms with Crippen molar-refractivity contribution in [1.29, 1.82) is 0 Å². The standard InChI is InChI=1S/C10H12BrF3N2/c1-16(2)4-3-7-5-8(11)9(15-6-7)10(12,13)14/h5-6H,3-4H2,1-2H3. The SMILES string of the molecule is CN(C)CCc1cnc(C(F)(F)F)c(Br)c1. The lowest BCUT2D eigenvalue weighted by molar-refractivity contribution is -0.141. The lowest BCUT2D eigenvalue weighted by atomic mass is 10.2. The van der Waals surface area contributed by atoms with Gasteiger partial charge in [-0.3, -0.25) is 4.98 Å². The Morgan fingerprint density at radius 2 is 2.00 bits per heavy atom. The van der Waals surface area contributed by atoms with Crippen LogP contribution in [0.2, 0.25) is 0 Å². The Hall–Kier alpha value is -0.620. The van der Waals surface area contributed by atoms with Crippen LogP contribution in [0.1, 0.15) is 11.3 Å². The van der Waals surface area contributed by atoms with E-state index in [4.69, 9.17) is 0 Å². The second kappa shape index (κ2) is 5.14. The van der Waals surface area contributed by atoms with Crippen molar-refractivity contribution in [1.82, 2.24) is 9.88 Å². The van der Waals surface area contributed by atoms with Gasteiger partial charge in [0.15, 0.2) is 5.69 Å². The number of nitrogens with zero attached hydrogens (tertiary/aromatic N) is 2. The summed E-state index contributed by atoms with van der Waals surface area (Å²) in [6.07, 6.45) is -2.45. The molecule has 0 N–H and O–H groups in total. The molecule has 0 aliphatic carbocycles. The molecule has 1 rings (SSSR count). The number of likely N-dealkylation sites (N-methyl/N-ethyl adjacent to an activating group) is 1. The van der Waals surface area contributed by atoms with Gasteiger partial charge in [0.25, 0.3) is 0 Å². The lowest BCUT2D eigenvalue weighted by Crippen LogP contribution is -2.16. The van der Waals surface area contributed by atoms with Gasteiger partial charge < -0.3 is 4.90 Å². The highest BCUT2D eigenvalue weighted by Gasteiger charge is 2.34. The van der Waals surface area contributed by atoms with Gasteiger partial charge in [-0.2, -0.15) is 13.2 Å². The fourth-order valence-electron chi connectivity index (χ4n) is 1.18. The van der Waals surface area contributed by atoms with E-state index in [1.165, 1.54) is 12.3 Å². The van der Waals surface area contributed by atoms with Crippen molar-refractivity contribution in [3.63, 3.8) is 0 Å². The summed E-state index contributed by atoms with van der Waals surface area (Å²) in [4.78, 5) is 5.40. The summed E-state index contributed by atoms with van der Waals surface area (Å²) in [5, 5.41) is 0. The molecule has 6 heteroatoms. The molecular weight excluding hydrogens is 285 g/mol. The number of aromatic nitrogens is 1. The topological polar surface area (TPSA) is 16.1 Å². The molecule has 0 fully saturated rings. The Morgan fingerprint density at radius 3 is 2.44 bits per heavy atom. The molecule has 0 saturated carbocycles. The summed E-state index contributed by atoms with van der Waals surface area (Å²) in [6.45, 7) is 0.777. The molecular formula is C10H12BrF3N2. The minimum absolute atomic E-state index is 0.00347. The van der Waals surface area contributed by atoms with Crippen molar-refractivity contribution >= 4 is 15.9 Å². The molecule has 16 heavy (non-hydrogen) atoms. The fraction of sp³-hybridized carbons (Fsp3) is 0.500. The Balaban J connectivity index is 2.83. The molecule has 0 aliphatic rings. The highest BCUT2D eigenvalue weighted by atomic mass is 79.9. The van der Waals surface area contributed by atoms with E-state index in [-0.39, 0.29) is 4.47 Å². The van der Waals surface area contributed by atoms with Crippen LogP contribution in [0, 0.1) is 0 Å². The van der Waals surface area contributed by atoms with E-state index >= 15 is 0 Å². The van der Waals surface area contributed by atoms with Crippen LogP contribution in [0.5, 0.6) is 0 Å². The van der Waals surface area contributed by atoms with E-state index in [1.807, 2.05) is 19.0 Å². The maximum Gasteiger partial charge on any atom is 0.434 e. The third-order valence-corrected chi connectivity index (χ3v) is 2.62. The van der Waals surface area contributed by atoms with Crippen molar-refractivity contribution < 1.29 is 13.2 Å². The van der Waals surface area contributed by atoms with Crippen molar-refractivity contribution in [2.24, 2.45) is 0 Å². The third kappa shape index (κ3) is 3.75. The summed E-state index contributed by atoms with van der Waals surface area (Å²) < 4.78 is 37.2. The Labute approximate surface area is 101 Å². The van der Waals surface area contributed by atoms with Crippen molar-refractivity contribution in [2.75, 3.05) is 20.6 Å². The van der Waals surface area contributed by atoms with E-state index in [0.29, 0.717) is 6.42 Å². The molecule has 0 saturated heterocycles. The van der Waals surface area contributed by atoms with Crippen LogP contribution in [-0.4, -0.2) is 30.5 Å². The largest absolute Gasteiger partial charge is 0.434 e. The lowest BCUT2D eigenvalue weighted by Gasteiger charge is -2.11. The zero-order valence-electron chi connectivity index (χ0n) is 8.98. The van der Waals surface area contributed by atoms with Gasteiger partial charge in [-0.15, -0.1) is 0 Å². The summed E-state index contributed by atoms with van der Waals surface area (Å²) in [5.74, 6) is 0. The number of halogens is 4. The van der Waals surface area contributed by atoms with Crippen LogP contribution < -0.4 is 0 Å². The molecule has 1 heterocycles. The second-order valence-corrected chi connectivity index (χ2v) is 4.58. The monoisotopic (exact) mass is 296 g/mol. The maximum atomic E-state index is 12.4. The molecule has 0 amide bonds. The molecule has 0 unspecified atom stereocenters. The Kier molecular flexibility index (Phi) is 4.32. The van der Waals surface area contributed by atoms with Crippen LogP contribution in [-0.2, 0) is 12.6 Å². The zero-order chi connectivity index (χ0) is 12.3. The van der Waals surface area contributed by atoms with Crippen LogP contribution in [0.15, 0.2) is 16.7 Å². The summed E-state index contributed by atoms with van der Waals surface area (Å²) in [5.41, 5.74) is -0.0883. The predicted octanol–water partition coefficient (Wildman–Crippen LogP) is 2.97. The van der Waals surface area contributed by atoms with Gasteiger partial charge in [0.05, 0.1) is 0 Å². The molecule has 0 spiro atoms. The second-order valence-electron chi connectivity index (χ2n) is 3.73. The van der Waals surface area contributed by atoms with Gasteiger partial charge >= 0.3 is 6.18 Å². The number of pyridine rings is 1. The first-order chi connectivity index (χ1) is 7.30. The average Bonchev–Trinajstić information content (AvgIpc) is 2.12. The molecule has 1 aromatic heterocycles. The van der Waals surface area contributed by atoms with Gasteiger partial charge in [0, 0.05) is 17.2 Å². The molecule has 90 valence electrons. The van der Waals surface area contributed by atoms with Gasteiger partial charge in [0.2, 0.25) is 0 Å². The van der Waals surface area contributed by atoms with Crippen LogP contribution in [0.25, 0.3) is 0 Å². The van der Waals surface area contributed by atoms with E-state index in [0.717, 1.165) is 12.1 Å². The molecule has 0 atom stereocenters. The summed E-state index contributed by atoms with van der Waals surface area (Å²) in [7, 11) is 3.82. The van der Waals surface area contributed by atoms with Crippen molar-refractivity contribution in [3.8, 4) is 0 Å². The maximum absolute atomic E-state index is 12.4. The van der Waals surface area contributed by atoms with Gasteiger partial charge in [-0.05, 0) is 48.1 Å². The predicted molar refractivity (Wildman–Crippen MR) is 59.2 cm³/mol. The van der Waals surface area contributed by atoms with Crippen molar-refractivity contribution in [2.45, 2.75) is 12.6 Å². The van der Waals surface area contributed by atoms with E-state index in [1.54, 1.807) is 0 Å². The highest BCUT2D eigenvalue weighted by Crippen LogP contribution is 2.33. The Morgan fingerprint density at radius 1 is 1.38 bits per heavy atom. The minimum atomic E-state index is -4.40. The first kappa shape index (κ1) is 13.4. The van der Waals surface area contributed by atoms with Crippen LogP contribution in [0.4, 0.5) is 13.2 Å². The number of hydrogen-bond donors (Lipinski definition) is 0. The zero-order valence-corrected chi connectivity index (χ0v) is 10.6. The molecule has 1 aromatic rings. The normalized spacial score (nSPS) is 12.2. The van der Waals surface area contributed by atoms with Crippen LogP contribution in [0.3, 0.4) is 0 Å². The van der Waals surface area contributed by atoms with Crippen molar-refractivity contribution in [3.05, 3.63) is 28.0 Å². The first-order valence-corrected chi connectivity index (χ1v) is 5.46. The number of alkyl halides is 3. The molecule has 2 nitrogen and oxygen atoms in total. The number of rotatable bonds is 3. The fourth-order valence-corrected chi connectivity index (χ4v) is 1.80. The van der Waals surface area contributed by atoms with Gasteiger partial charge in [-0.25, -0.2) is 0 Å². The molecule has 0 aromatic carbocycles. The van der Waals surface area contributed by atoms with E-state index in [2.05, 4.69) is 20.9 Å². The molecule has 0 radical (unpaired) electrons. The minimum Gasteiger partial charge on any atom is -0.309 e. The summed E-state index contributed by atoms with van der Waals surface area (Å²) in [6, 6.07) is 1.47. The highest BCUT2D eigenvalue weighted by molar-refractivity contribution is 9.10. The Bertz CT molecular complexity index is 364. The van der Waals surface area contributed by atoms with Gasteiger partial charge in [-0.1, -0.05) is 0 Å². The molecule has 0 aliphatic heterocycles. The third-order valence-electron chi connectivity index (χ3n) is 2.01. The molecule has 0 bridgehead atoms. The van der Waals surface area contributed by atoms with Gasteiger partial charge in [0.1, 0.15) is 0 Å². The smallest absolute Gasteiger partial charge is 0.309 e. The average molecular weight is 297 g/mol. The van der Waals surface area contributed by atoms with E-state index < -0.39 is 11.9 Å². The summed E-state index contributed by atoms with van der Waals surface area (Å²) >= 11 is 2.89. The first-order valence-electron chi connectivity index (χ1n) is 4.67. The van der Waals surface area contributed by atoms with E-state index in [9.17, 15) is 13.2 Å². The quantitative estimate of drug-likeness (QED) is 0.852. The number of hydrogen-bond acceptors (Lipinski definition) is 2.